The first-order valence-corrected chi connectivity index (χ1v) is 2.55. The highest BCUT2D eigenvalue weighted by atomic mass is 16.1. The van der Waals surface area contributed by atoms with Gasteiger partial charge in [-0.2, -0.15) is 0 Å². The van der Waals surface area contributed by atoms with E-state index in [1.165, 1.54) is 0 Å². The summed E-state index contributed by atoms with van der Waals surface area (Å²) in [7, 11) is 0. The van der Waals surface area contributed by atoms with E-state index >= 15 is 0 Å². The molecular formula is C7H5NO. The zero-order valence-corrected chi connectivity index (χ0v) is 5.01. The maximum atomic E-state index is 10.2. The summed E-state index contributed by atoms with van der Waals surface area (Å²) < 4.78 is 0. The predicted octanol–water partition coefficient (Wildman–Crippen LogP) is 0.803. The van der Waals surface area contributed by atoms with Crippen molar-refractivity contribution in [1.29, 1.82) is 0 Å². The van der Waals surface area contributed by atoms with E-state index in [1.54, 1.807) is 13.0 Å². The van der Waals surface area contributed by atoms with Gasteiger partial charge >= 0.3 is 0 Å². The fraction of sp³-hybridized carbons (Fsp3) is 0.143. The van der Waals surface area contributed by atoms with Crippen molar-refractivity contribution >= 4 is 6.29 Å². The molecule has 2 nitrogen and oxygen atoms in total. The van der Waals surface area contributed by atoms with Gasteiger partial charge in [0, 0.05) is 17.8 Å². The maximum Gasteiger partial charge on any atom is 0.152 e. The van der Waals surface area contributed by atoms with E-state index in [2.05, 4.69) is 17.2 Å². The molecule has 0 amide bonds. The van der Waals surface area contributed by atoms with E-state index in [9.17, 15) is 4.79 Å². The van der Waals surface area contributed by atoms with Gasteiger partial charge in [0.15, 0.2) is 6.29 Å². The lowest BCUT2D eigenvalue weighted by Gasteiger charge is -1.87. The zero-order valence-electron chi connectivity index (χ0n) is 5.01. The normalized spacial score (nSPS) is 8.11. The molecule has 0 aliphatic rings. The largest absolute Gasteiger partial charge is 0.298 e. The van der Waals surface area contributed by atoms with Crippen LogP contribution >= 0.6 is 0 Å². The minimum atomic E-state index is 0.578. The molecule has 0 N–H and O–H groups in total. The molecule has 0 atom stereocenters. The van der Waals surface area contributed by atoms with Crippen molar-refractivity contribution in [2.24, 2.45) is 0 Å². The number of aryl methyl sites for hydroxylation is 1. The summed E-state index contributed by atoms with van der Waals surface area (Å²) in [5.41, 5.74) is 1.28. The molecule has 0 radical (unpaired) electrons. The van der Waals surface area contributed by atoms with Crippen molar-refractivity contribution in [3.8, 4) is 0 Å². The Labute approximate surface area is 53.5 Å². The minimum Gasteiger partial charge on any atom is -0.298 e. The van der Waals surface area contributed by atoms with Crippen molar-refractivity contribution in [3.05, 3.63) is 29.6 Å². The van der Waals surface area contributed by atoms with Gasteiger partial charge in [-0.15, -0.1) is 0 Å². The molecule has 1 aromatic heterocycles. The SMILES string of the molecule is Cc1nc#ccc1C=O. The number of nitrogens with zero attached hydrogens (tertiary/aromatic N) is 1. The molecule has 1 heterocycles. The molecular weight excluding hydrogens is 114 g/mol. The van der Waals surface area contributed by atoms with E-state index in [1.807, 2.05) is 0 Å². The van der Waals surface area contributed by atoms with Crippen LogP contribution in [0.15, 0.2) is 6.07 Å². The van der Waals surface area contributed by atoms with E-state index < -0.39 is 0 Å². The molecule has 0 unspecified atom stereocenters. The van der Waals surface area contributed by atoms with E-state index in [0.717, 1.165) is 6.29 Å². The average Bonchev–Trinajstić information content (AvgIpc) is 1.89. The Morgan fingerprint density at radius 2 is 2.56 bits per heavy atom. The predicted molar refractivity (Wildman–Crippen MR) is 32.0 cm³/mol. The fourth-order valence-corrected chi connectivity index (χ4v) is 0.514. The number of hydrogen-bond acceptors (Lipinski definition) is 2. The molecule has 9 heavy (non-hydrogen) atoms. The van der Waals surface area contributed by atoms with E-state index in [0.29, 0.717) is 11.3 Å². The van der Waals surface area contributed by atoms with Crippen molar-refractivity contribution < 1.29 is 4.79 Å². The van der Waals surface area contributed by atoms with Gasteiger partial charge in [0.1, 0.15) is 0 Å². The highest BCUT2D eigenvalue weighted by Crippen LogP contribution is 1.94. The lowest BCUT2D eigenvalue weighted by molar-refractivity contribution is 0.112. The topological polar surface area (TPSA) is 30.0 Å². The van der Waals surface area contributed by atoms with Crippen LogP contribution < -0.4 is 0 Å². The second kappa shape index (κ2) is 2.27. The van der Waals surface area contributed by atoms with Crippen LogP contribution in [0.4, 0.5) is 0 Å². The summed E-state index contributed by atoms with van der Waals surface area (Å²) >= 11 is 0. The van der Waals surface area contributed by atoms with E-state index in [-0.39, 0.29) is 0 Å². The zero-order chi connectivity index (χ0) is 6.69. The lowest BCUT2D eigenvalue weighted by atomic mass is 10.2. The number of hydrogen-bond donors (Lipinski definition) is 0. The molecule has 0 bridgehead atoms. The Morgan fingerprint density at radius 1 is 1.78 bits per heavy atom. The van der Waals surface area contributed by atoms with Crippen LogP contribution in [0.2, 0.25) is 0 Å². The van der Waals surface area contributed by atoms with Gasteiger partial charge < -0.3 is 0 Å². The Kier molecular flexibility index (Phi) is 1.46. The lowest BCUT2D eigenvalue weighted by Crippen LogP contribution is -1.85. The first-order valence-electron chi connectivity index (χ1n) is 2.55. The number of aromatic nitrogens is 1. The monoisotopic (exact) mass is 119 g/mol. The third kappa shape index (κ3) is 1.06. The standard InChI is InChI=1S/C7H5NO/c1-6-7(5-9)3-2-4-8-6/h3,5H,1H3. The number of rotatable bonds is 1. The average molecular weight is 119 g/mol. The van der Waals surface area contributed by atoms with Crippen LogP contribution in [0, 0.1) is 19.2 Å². The first kappa shape index (κ1) is 5.77. The van der Waals surface area contributed by atoms with Gasteiger partial charge in [-0.25, -0.2) is 4.98 Å². The summed E-state index contributed by atoms with van der Waals surface area (Å²) in [5, 5.41) is 0. The molecule has 0 saturated heterocycles. The number of aldehydes is 1. The first-order chi connectivity index (χ1) is 4.34. The van der Waals surface area contributed by atoms with Crippen molar-refractivity contribution in [2.45, 2.75) is 6.92 Å². The van der Waals surface area contributed by atoms with E-state index in [4.69, 9.17) is 0 Å². The molecule has 0 aliphatic carbocycles. The Bertz CT molecular complexity index is 220. The van der Waals surface area contributed by atoms with Crippen LogP contribution in [0.25, 0.3) is 0 Å². The molecule has 0 saturated carbocycles. The summed E-state index contributed by atoms with van der Waals surface area (Å²) in [6, 6.07) is 4.15. The maximum absolute atomic E-state index is 10.2. The second-order valence-corrected chi connectivity index (χ2v) is 1.67. The second-order valence-electron chi connectivity index (χ2n) is 1.67. The third-order valence-corrected chi connectivity index (χ3v) is 1.06. The summed E-state index contributed by atoms with van der Waals surface area (Å²) in [5.74, 6) is 0. The number of carbonyl (C=O) groups excluding carboxylic acids is 1. The molecule has 1 aromatic rings. The van der Waals surface area contributed by atoms with Crippen LogP contribution in [-0.4, -0.2) is 11.3 Å². The van der Waals surface area contributed by atoms with Gasteiger partial charge in [-0.05, 0) is 13.0 Å². The summed E-state index contributed by atoms with van der Waals surface area (Å²) in [6.45, 7) is 1.76. The molecule has 0 aliphatic heterocycles. The van der Waals surface area contributed by atoms with Crippen LogP contribution in [-0.2, 0) is 0 Å². The molecule has 2 heteroatoms. The Hall–Kier alpha value is -1.36. The molecule has 0 aromatic carbocycles. The van der Waals surface area contributed by atoms with Crippen LogP contribution in [0.5, 0.6) is 0 Å². The molecule has 1 rings (SSSR count). The van der Waals surface area contributed by atoms with Crippen LogP contribution in [0.3, 0.4) is 0 Å². The van der Waals surface area contributed by atoms with Crippen molar-refractivity contribution in [3.63, 3.8) is 0 Å². The third-order valence-electron chi connectivity index (χ3n) is 1.06. The highest BCUT2D eigenvalue weighted by molar-refractivity contribution is 5.75. The molecule has 0 spiro atoms. The smallest absolute Gasteiger partial charge is 0.152 e. The van der Waals surface area contributed by atoms with Crippen molar-refractivity contribution in [1.82, 2.24) is 4.98 Å². The minimum absolute atomic E-state index is 0.578. The fourth-order valence-electron chi connectivity index (χ4n) is 0.514. The van der Waals surface area contributed by atoms with Crippen LogP contribution in [0.1, 0.15) is 16.1 Å². The molecule has 0 fully saturated rings. The quantitative estimate of drug-likeness (QED) is 0.512. The number of carbonyl (C=O) groups is 1. The highest BCUT2D eigenvalue weighted by Gasteiger charge is 1.91. The summed E-state index contributed by atoms with van der Waals surface area (Å²) in [4.78, 5) is 13.9. The van der Waals surface area contributed by atoms with Gasteiger partial charge in [-0.1, -0.05) is 0 Å². The molecule has 44 valence electrons. The van der Waals surface area contributed by atoms with Gasteiger partial charge in [0.25, 0.3) is 0 Å². The Balaban J connectivity index is 3.15. The van der Waals surface area contributed by atoms with Gasteiger partial charge in [0.05, 0.1) is 5.69 Å². The van der Waals surface area contributed by atoms with Gasteiger partial charge in [0.2, 0.25) is 0 Å². The summed E-state index contributed by atoms with van der Waals surface area (Å²) in [6.07, 6.45) is 3.26. The van der Waals surface area contributed by atoms with Gasteiger partial charge in [-0.3, -0.25) is 4.79 Å². The van der Waals surface area contributed by atoms with Crippen molar-refractivity contribution in [2.75, 3.05) is 0 Å². The Morgan fingerprint density at radius 3 is 3.00 bits per heavy atom.